The van der Waals surface area contributed by atoms with Crippen LogP contribution in [-0.2, 0) is 0 Å². The monoisotopic (exact) mass is 270 g/mol. The van der Waals surface area contributed by atoms with E-state index in [-0.39, 0.29) is 0 Å². The number of benzene rings is 2. The normalized spacial score (nSPS) is 11.1. The molecule has 0 atom stereocenters. The smallest absolute Gasteiger partial charge is 0.0780 e. The van der Waals surface area contributed by atoms with Gasteiger partial charge in [-0.05, 0) is 36.6 Å². The molecule has 0 aliphatic heterocycles. The summed E-state index contributed by atoms with van der Waals surface area (Å²) in [6.45, 7) is 2.02. The fourth-order valence-electron chi connectivity index (χ4n) is 2.80. The van der Waals surface area contributed by atoms with Crippen LogP contribution in [0, 0.1) is 6.92 Å². The highest BCUT2D eigenvalue weighted by Gasteiger charge is 2.08. The van der Waals surface area contributed by atoms with E-state index in [1.54, 1.807) is 0 Å². The number of aryl methyl sites for hydroxylation is 1. The molecule has 2 nitrogen and oxygen atoms in total. The molecule has 0 saturated carbocycles. The van der Waals surface area contributed by atoms with Gasteiger partial charge in [0.25, 0.3) is 0 Å². The predicted molar refractivity (Wildman–Crippen MR) is 87.2 cm³/mol. The molecule has 0 bridgehead atoms. The maximum atomic E-state index is 4.61. The van der Waals surface area contributed by atoms with E-state index in [1.165, 1.54) is 16.2 Å². The Morgan fingerprint density at radius 3 is 2.38 bits per heavy atom. The third kappa shape index (κ3) is 1.96. The Bertz CT molecular complexity index is 943. The average molecular weight is 270 g/mol. The molecule has 2 aromatic heterocycles. The van der Waals surface area contributed by atoms with Gasteiger partial charge in [0.05, 0.1) is 11.2 Å². The summed E-state index contributed by atoms with van der Waals surface area (Å²) in [6, 6.07) is 20.8. The molecule has 4 aromatic rings. The van der Waals surface area contributed by atoms with Gasteiger partial charge < -0.3 is 0 Å². The van der Waals surface area contributed by atoms with Gasteiger partial charge in [0.2, 0.25) is 0 Å². The molecule has 0 aliphatic carbocycles. The third-order valence-electron chi connectivity index (χ3n) is 3.80. The Morgan fingerprint density at radius 2 is 1.52 bits per heavy atom. The standard InChI is InChI=1S/C19H14N2/c1-13-7-8-16-15-11-12-20-19(14-5-3-2-4-6-14)17(15)9-10-18(16)21-13/h2-12H,1H3. The minimum Gasteiger partial charge on any atom is -0.256 e. The topological polar surface area (TPSA) is 25.8 Å². The molecular formula is C19H14N2. The van der Waals surface area contributed by atoms with Crippen molar-refractivity contribution in [2.75, 3.05) is 0 Å². The Hall–Kier alpha value is -2.74. The number of pyridine rings is 2. The van der Waals surface area contributed by atoms with Crippen molar-refractivity contribution in [1.29, 1.82) is 0 Å². The zero-order valence-electron chi connectivity index (χ0n) is 11.7. The lowest BCUT2D eigenvalue weighted by atomic mass is 10.0. The van der Waals surface area contributed by atoms with E-state index in [0.717, 1.165) is 22.5 Å². The zero-order valence-corrected chi connectivity index (χ0v) is 11.7. The second-order valence-corrected chi connectivity index (χ2v) is 5.21. The lowest BCUT2D eigenvalue weighted by Gasteiger charge is -2.08. The first-order chi connectivity index (χ1) is 10.3. The van der Waals surface area contributed by atoms with E-state index < -0.39 is 0 Å². The van der Waals surface area contributed by atoms with Crippen molar-refractivity contribution in [3.05, 3.63) is 72.6 Å². The summed E-state index contributed by atoms with van der Waals surface area (Å²) in [6.07, 6.45) is 1.88. The number of hydrogen-bond donors (Lipinski definition) is 0. The summed E-state index contributed by atoms with van der Waals surface area (Å²) in [5.41, 5.74) is 4.24. The van der Waals surface area contributed by atoms with Crippen LogP contribution >= 0.6 is 0 Å². The van der Waals surface area contributed by atoms with Crippen molar-refractivity contribution in [3.8, 4) is 11.3 Å². The summed E-state index contributed by atoms with van der Waals surface area (Å²) in [5.74, 6) is 0. The van der Waals surface area contributed by atoms with E-state index in [9.17, 15) is 0 Å². The van der Waals surface area contributed by atoms with Crippen molar-refractivity contribution in [2.45, 2.75) is 6.92 Å². The van der Waals surface area contributed by atoms with Gasteiger partial charge in [0, 0.05) is 28.2 Å². The molecule has 0 fully saturated rings. The lowest BCUT2D eigenvalue weighted by Crippen LogP contribution is -1.89. The highest BCUT2D eigenvalue weighted by atomic mass is 14.7. The second kappa shape index (κ2) is 4.67. The van der Waals surface area contributed by atoms with Crippen LogP contribution in [0.1, 0.15) is 5.69 Å². The van der Waals surface area contributed by atoms with Crippen molar-refractivity contribution < 1.29 is 0 Å². The predicted octanol–water partition coefficient (Wildman–Crippen LogP) is 4.76. The Kier molecular flexibility index (Phi) is 2.68. The number of rotatable bonds is 1. The van der Waals surface area contributed by atoms with Crippen LogP contribution < -0.4 is 0 Å². The van der Waals surface area contributed by atoms with Crippen molar-refractivity contribution >= 4 is 21.7 Å². The van der Waals surface area contributed by atoms with Crippen molar-refractivity contribution in [2.24, 2.45) is 0 Å². The molecule has 0 amide bonds. The van der Waals surface area contributed by atoms with Crippen LogP contribution in [0.5, 0.6) is 0 Å². The quantitative estimate of drug-likeness (QED) is 0.466. The zero-order chi connectivity index (χ0) is 14.2. The van der Waals surface area contributed by atoms with E-state index in [1.807, 2.05) is 31.3 Å². The van der Waals surface area contributed by atoms with Crippen LogP contribution in [0.25, 0.3) is 32.9 Å². The first kappa shape index (κ1) is 12.0. The molecule has 0 spiro atoms. The number of aromatic nitrogens is 2. The second-order valence-electron chi connectivity index (χ2n) is 5.21. The van der Waals surface area contributed by atoms with Crippen LogP contribution in [0.2, 0.25) is 0 Å². The van der Waals surface area contributed by atoms with E-state index >= 15 is 0 Å². The van der Waals surface area contributed by atoms with Crippen LogP contribution in [0.3, 0.4) is 0 Å². The largest absolute Gasteiger partial charge is 0.256 e. The molecule has 0 saturated heterocycles. The maximum absolute atomic E-state index is 4.61. The first-order valence-corrected chi connectivity index (χ1v) is 7.03. The fraction of sp³-hybridized carbons (Fsp3) is 0.0526. The van der Waals surface area contributed by atoms with Crippen molar-refractivity contribution in [1.82, 2.24) is 9.97 Å². The van der Waals surface area contributed by atoms with E-state index in [0.29, 0.717) is 0 Å². The van der Waals surface area contributed by atoms with Gasteiger partial charge in [-0.1, -0.05) is 36.4 Å². The fourth-order valence-corrected chi connectivity index (χ4v) is 2.80. The number of nitrogens with zero attached hydrogens (tertiary/aromatic N) is 2. The molecule has 2 heteroatoms. The summed E-state index contributed by atoms with van der Waals surface area (Å²) in [4.78, 5) is 9.19. The summed E-state index contributed by atoms with van der Waals surface area (Å²) < 4.78 is 0. The molecule has 0 unspecified atom stereocenters. The Labute approximate surface area is 123 Å². The van der Waals surface area contributed by atoms with Crippen LogP contribution in [-0.4, -0.2) is 9.97 Å². The summed E-state index contributed by atoms with van der Waals surface area (Å²) in [5, 5.41) is 3.55. The van der Waals surface area contributed by atoms with Gasteiger partial charge >= 0.3 is 0 Å². The number of hydrogen-bond acceptors (Lipinski definition) is 2. The van der Waals surface area contributed by atoms with Gasteiger partial charge in [0.15, 0.2) is 0 Å². The minimum absolute atomic E-state index is 1.02. The molecule has 0 radical (unpaired) electrons. The molecule has 2 aromatic carbocycles. The SMILES string of the molecule is Cc1ccc2c(ccc3c(-c4ccccc4)nccc32)n1. The molecule has 0 N–H and O–H groups in total. The van der Waals surface area contributed by atoms with Gasteiger partial charge in [-0.2, -0.15) is 0 Å². The maximum Gasteiger partial charge on any atom is 0.0780 e. The molecule has 0 aliphatic rings. The van der Waals surface area contributed by atoms with E-state index in [2.05, 4.69) is 52.4 Å². The molecule has 2 heterocycles. The molecular weight excluding hydrogens is 256 g/mol. The average Bonchev–Trinajstić information content (AvgIpc) is 2.54. The van der Waals surface area contributed by atoms with Crippen LogP contribution in [0.4, 0.5) is 0 Å². The van der Waals surface area contributed by atoms with Crippen molar-refractivity contribution in [3.63, 3.8) is 0 Å². The van der Waals surface area contributed by atoms with Gasteiger partial charge in [-0.15, -0.1) is 0 Å². The first-order valence-electron chi connectivity index (χ1n) is 7.03. The van der Waals surface area contributed by atoms with E-state index in [4.69, 9.17) is 0 Å². The third-order valence-corrected chi connectivity index (χ3v) is 3.80. The minimum atomic E-state index is 1.02. The summed E-state index contributed by atoms with van der Waals surface area (Å²) >= 11 is 0. The van der Waals surface area contributed by atoms with Crippen LogP contribution in [0.15, 0.2) is 66.9 Å². The molecule has 100 valence electrons. The number of fused-ring (bicyclic) bond motifs is 3. The van der Waals surface area contributed by atoms with Gasteiger partial charge in [-0.3, -0.25) is 9.97 Å². The Morgan fingerprint density at radius 1 is 0.714 bits per heavy atom. The van der Waals surface area contributed by atoms with Gasteiger partial charge in [0.1, 0.15) is 0 Å². The highest BCUT2D eigenvalue weighted by molar-refractivity contribution is 6.10. The Balaban J connectivity index is 2.09. The molecule has 4 rings (SSSR count). The summed E-state index contributed by atoms with van der Waals surface area (Å²) in [7, 11) is 0. The lowest BCUT2D eigenvalue weighted by molar-refractivity contribution is 1.26. The van der Waals surface area contributed by atoms with Gasteiger partial charge in [-0.25, -0.2) is 0 Å². The highest BCUT2D eigenvalue weighted by Crippen LogP contribution is 2.30. The molecule has 21 heavy (non-hydrogen) atoms.